The van der Waals surface area contributed by atoms with E-state index < -0.39 is 27.3 Å². The van der Waals surface area contributed by atoms with Crippen molar-refractivity contribution in [1.82, 2.24) is 19.7 Å². The van der Waals surface area contributed by atoms with Crippen LogP contribution in [0.2, 0.25) is 0 Å². The van der Waals surface area contributed by atoms with E-state index in [1.807, 2.05) is 0 Å². The Morgan fingerprint density at radius 2 is 1.90 bits per heavy atom. The number of nitrogens with zero attached hydrogens (tertiary/aromatic N) is 4. The molecule has 3 heterocycles. The number of aryl methyl sites for hydroxylation is 1. The molecule has 1 aliphatic heterocycles. The number of rotatable bonds is 2. The van der Waals surface area contributed by atoms with E-state index in [4.69, 9.17) is 0 Å². The van der Waals surface area contributed by atoms with E-state index in [1.54, 1.807) is 10.9 Å². The van der Waals surface area contributed by atoms with Crippen LogP contribution in [0.4, 0.5) is 13.2 Å². The number of fused-ring (bicyclic) bond motifs is 2. The number of halogens is 3. The van der Waals surface area contributed by atoms with Crippen molar-refractivity contribution < 1.29 is 26.7 Å². The quantitative estimate of drug-likeness (QED) is 0.679. The third kappa shape index (κ3) is 2.95. The van der Waals surface area contributed by atoms with Crippen molar-refractivity contribution in [3.05, 3.63) is 35.7 Å². The summed E-state index contributed by atoms with van der Waals surface area (Å²) in [6.07, 6.45) is -1.49. The van der Waals surface area contributed by atoms with Gasteiger partial charge in [-0.25, -0.2) is 18.4 Å². The zero-order valence-electron chi connectivity index (χ0n) is 15.1. The summed E-state index contributed by atoms with van der Waals surface area (Å²) in [6.45, 7) is 1.46. The van der Waals surface area contributed by atoms with Crippen LogP contribution < -0.4 is 0 Å². The van der Waals surface area contributed by atoms with Gasteiger partial charge in [0, 0.05) is 17.4 Å². The van der Waals surface area contributed by atoms with Crippen LogP contribution in [0.3, 0.4) is 0 Å². The van der Waals surface area contributed by atoms with E-state index in [0.717, 1.165) is 6.07 Å². The van der Waals surface area contributed by atoms with Crippen LogP contribution in [-0.2, 0) is 16.0 Å². The molecule has 1 N–H and O–H groups in total. The Morgan fingerprint density at radius 3 is 2.52 bits per heavy atom. The number of aromatic hydroxyl groups is 1. The molecule has 0 radical (unpaired) electrons. The fourth-order valence-electron chi connectivity index (χ4n) is 4.27. The third-order valence-corrected chi connectivity index (χ3v) is 7.41. The first-order chi connectivity index (χ1) is 13.5. The molecule has 11 heteroatoms. The molecule has 3 atom stereocenters. The van der Waals surface area contributed by atoms with Crippen molar-refractivity contribution >= 4 is 21.0 Å². The number of benzene rings is 1. The normalized spacial score (nSPS) is 25.3. The Morgan fingerprint density at radius 1 is 1.21 bits per heavy atom. The van der Waals surface area contributed by atoms with E-state index >= 15 is 0 Å². The predicted molar refractivity (Wildman–Crippen MR) is 96.8 cm³/mol. The lowest BCUT2D eigenvalue weighted by molar-refractivity contribution is -0.137. The van der Waals surface area contributed by atoms with E-state index in [-0.39, 0.29) is 51.9 Å². The molecule has 0 amide bonds. The molecule has 2 fully saturated rings. The highest BCUT2D eigenvalue weighted by atomic mass is 32.2. The molecule has 0 bridgehead atoms. The number of aromatic nitrogens is 4. The van der Waals surface area contributed by atoms with Crippen LogP contribution in [-0.4, -0.2) is 44.8 Å². The largest absolute Gasteiger partial charge is 0.507 e. The monoisotopic (exact) mass is 424 g/mol. The highest BCUT2D eigenvalue weighted by Crippen LogP contribution is 2.56. The minimum absolute atomic E-state index is 0.000757. The van der Waals surface area contributed by atoms with Crippen LogP contribution in [0.1, 0.15) is 17.2 Å². The topological polar surface area (TPSA) is 98.0 Å². The minimum atomic E-state index is -4.56. The van der Waals surface area contributed by atoms with Gasteiger partial charge in [-0.3, -0.25) is 4.68 Å². The Hall–Kier alpha value is -2.69. The van der Waals surface area contributed by atoms with Gasteiger partial charge in [0.05, 0.1) is 41.2 Å². The SMILES string of the molecule is Cc1cc(C(F)(F)F)cc(O)c1-c1cnc2cn(C3C4CS(=O)(=O)C[C@@H]43)nc2n1. The van der Waals surface area contributed by atoms with Crippen molar-refractivity contribution in [2.24, 2.45) is 11.8 Å². The van der Waals surface area contributed by atoms with Gasteiger partial charge in [-0.1, -0.05) is 0 Å². The number of phenolic OH excluding ortho intramolecular Hbond substituents is 1. The van der Waals surface area contributed by atoms with Gasteiger partial charge in [0.2, 0.25) is 0 Å². The van der Waals surface area contributed by atoms with Gasteiger partial charge in [-0.15, -0.1) is 0 Å². The molecular weight excluding hydrogens is 409 g/mol. The maximum atomic E-state index is 12.9. The third-order valence-electron chi connectivity index (χ3n) is 5.63. The van der Waals surface area contributed by atoms with Gasteiger partial charge in [0.1, 0.15) is 11.3 Å². The maximum Gasteiger partial charge on any atom is 0.416 e. The number of hydrogen-bond donors (Lipinski definition) is 1. The number of sulfone groups is 1. The summed E-state index contributed by atoms with van der Waals surface area (Å²) < 4.78 is 63.7. The highest BCUT2D eigenvalue weighted by molar-refractivity contribution is 7.91. The predicted octanol–water partition coefficient (Wildman–Crippen LogP) is 2.74. The first-order valence-electron chi connectivity index (χ1n) is 8.87. The average Bonchev–Trinajstić information content (AvgIpc) is 2.96. The first-order valence-corrected chi connectivity index (χ1v) is 10.7. The number of phenols is 1. The molecule has 5 rings (SSSR count). The van der Waals surface area contributed by atoms with E-state index in [1.165, 1.54) is 13.1 Å². The zero-order valence-corrected chi connectivity index (χ0v) is 15.9. The summed E-state index contributed by atoms with van der Waals surface area (Å²) in [7, 11) is -2.96. The minimum Gasteiger partial charge on any atom is -0.507 e. The average molecular weight is 424 g/mol. The Bertz CT molecular complexity index is 1230. The molecule has 0 spiro atoms. The first kappa shape index (κ1) is 18.3. The number of alkyl halides is 3. The molecule has 1 aliphatic carbocycles. The molecule has 1 saturated heterocycles. The Labute approximate surface area is 163 Å². The number of hydrogen-bond acceptors (Lipinski definition) is 6. The van der Waals surface area contributed by atoms with Crippen LogP contribution in [0.25, 0.3) is 22.4 Å². The smallest absolute Gasteiger partial charge is 0.416 e. The van der Waals surface area contributed by atoms with Gasteiger partial charge in [0.25, 0.3) is 0 Å². The molecular formula is C18H15F3N4O3S. The van der Waals surface area contributed by atoms with Gasteiger partial charge in [-0.2, -0.15) is 18.3 Å². The lowest BCUT2D eigenvalue weighted by atomic mass is 10.0. The van der Waals surface area contributed by atoms with Crippen molar-refractivity contribution in [2.45, 2.75) is 19.1 Å². The second-order valence-corrected chi connectivity index (χ2v) is 9.81. The summed E-state index contributed by atoms with van der Waals surface area (Å²) in [6, 6.07) is 1.61. The highest BCUT2D eigenvalue weighted by Gasteiger charge is 2.60. The molecule has 2 aromatic heterocycles. The molecule has 1 aromatic carbocycles. The van der Waals surface area contributed by atoms with E-state index in [9.17, 15) is 26.7 Å². The molecule has 152 valence electrons. The van der Waals surface area contributed by atoms with Crippen LogP contribution in [0.15, 0.2) is 24.5 Å². The second-order valence-electron chi connectivity index (χ2n) is 7.65. The maximum absolute atomic E-state index is 12.9. The summed E-state index contributed by atoms with van der Waals surface area (Å²) in [5, 5.41) is 14.6. The van der Waals surface area contributed by atoms with Crippen LogP contribution >= 0.6 is 0 Å². The van der Waals surface area contributed by atoms with Crippen molar-refractivity contribution in [3.8, 4) is 17.0 Å². The van der Waals surface area contributed by atoms with E-state index in [2.05, 4.69) is 15.1 Å². The Balaban J connectivity index is 1.50. The van der Waals surface area contributed by atoms with Crippen molar-refractivity contribution in [2.75, 3.05) is 11.5 Å². The lowest BCUT2D eigenvalue weighted by Crippen LogP contribution is -2.12. The molecule has 2 unspecified atom stereocenters. The molecule has 29 heavy (non-hydrogen) atoms. The van der Waals surface area contributed by atoms with E-state index in [0.29, 0.717) is 11.6 Å². The lowest BCUT2D eigenvalue weighted by Gasteiger charge is -2.12. The van der Waals surface area contributed by atoms with Crippen molar-refractivity contribution in [1.29, 1.82) is 0 Å². The summed E-state index contributed by atoms with van der Waals surface area (Å²) in [5.41, 5.74) is 0.429. The zero-order chi connectivity index (χ0) is 20.7. The molecule has 1 saturated carbocycles. The standard InChI is InChI=1S/C18H15F3N4O3S/c1-8-2-9(18(19,20)21)3-14(26)15(8)12-4-22-13-5-25(24-17(13)23-12)16-10-6-29(27,28)7-11(10)16/h2-5,10-11,16,26H,6-7H2,1H3/t10-,11?,16?/m0/s1. The second kappa shape index (κ2) is 5.68. The van der Waals surface area contributed by atoms with Gasteiger partial charge >= 0.3 is 6.18 Å². The Kier molecular flexibility index (Phi) is 3.59. The van der Waals surface area contributed by atoms with Crippen molar-refractivity contribution in [3.63, 3.8) is 0 Å². The molecule has 7 nitrogen and oxygen atoms in total. The summed E-state index contributed by atoms with van der Waals surface area (Å²) in [5.74, 6) is -0.121. The fraction of sp³-hybridized carbons (Fsp3) is 0.389. The summed E-state index contributed by atoms with van der Waals surface area (Å²) >= 11 is 0. The van der Waals surface area contributed by atoms with Crippen LogP contribution in [0, 0.1) is 18.8 Å². The molecule has 2 aliphatic rings. The van der Waals surface area contributed by atoms with Gasteiger partial charge in [0.15, 0.2) is 15.5 Å². The molecule has 3 aromatic rings. The van der Waals surface area contributed by atoms with Gasteiger partial charge in [-0.05, 0) is 24.6 Å². The van der Waals surface area contributed by atoms with Crippen LogP contribution in [0.5, 0.6) is 5.75 Å². The van der Waals surface area contributed by atoms with Gasteiger partial charge < -0.3 is 5.11 Å². The summed E-state index contributed by atoms with van der Waals surface area (Å²) in [4.78, 5) is 8.63. The fourth-order valence-corrected chi connectivity index (χ4v) is 6.47.